The summed E-state index contributed by atoms with van der Waals surface area (Å²) in [6, 6.07) is 9.76. The van der Waals surface area contributed by atoms with Gasteiger partial charge in [-0.1, -0.05) is 32.0 Å². The van der Waals surface area contributed by atoms with E-state index in [1.807, 2.05) is 6.07 Å². The van der Waals surface area contributed by atoms with Gasteiger partial charge in [0, 0.05) is 0 Å². The van der Waals surface area contributed by atoms with Crippen LogP contribution in [-0.4, -0.2) is 0 Å². The van der Waals surface area contributed by atoms with E-state index in [4.69, 9.17) is 0 Å². The van der Waals surface area contributed by atoms with Gasteiger partial charge < -0.3 is 0 Å². The summed E-state index contributed by atoms with van der Waals surface area (Å²) in [7, 11) is 0. The lowest BCUT2D eigenvalue weighted by atomic mass is 9.95. The van der Waals surface area contributed by atoms with Crippen LogP contribution in [0.1, 0.15) is 49.7 Å². The number of hydrogen-bond acceptors (Lipinski definition) is 0. The molecule has 2 rings (SSSR count). The highest BCUT2D eigenvalue weighted by molar-refractivity contribution is 5.34. The van der Waals surface area contributed by atoms with Crippen molar-refractivity contribution in [2.45, 2.75) is 38.5 Å². The molecule has 1 aromatic carbocycles. The van der Waals surface area contributed by atoms with Crippen LogP contribution in [0.3, 0.4) is 0 Å². The van der Waals surface area contributed by atoms with Crippen molar-refractivity contribution in [1.29, 1.82) is 0 Å². The quantitative estimate of drug-likeness (QED) is 0.619. The number of rotatable bonds is 2. The van der Waals surface area contributed by atoms with Crippen molar-refractivity contribution in [3.63, 3.8) is 0 Å². The Morgan fingerprint density at radius 1 is 1.42 bits per heavy atom. The Kier molecular flexibility index (Phi) is 1.92. The summed E-state index contributed by atoms with van der Waals surface area (Å²) in [6.07, 6.45) is 2.75. The second-order valence-electron chi connectivity index (χ2n) is 3.97. The third-order valence-corrected chi connectivity index (χ3v) is 2.53. The molecular formula is C12H15. The molecule has 1 radical (unpaired) electrons. The van der Waals surface area contributed by atoms with Crippen molar-refractivity contribution in [1.82, 2.24) is 0 Å². The normalized spacial score (nSPS) is 16.9. The molecule has 0 spiro atoms. The third kappa shape index (κ3) is 1.38. The topological polar surface area (TPSA) is 0 Å². The van der Waals surface area contributed by atoms with E-state index in [-0.39, 0.29) is 0 Å². The molecule has 0 unspecified atom stereocenters. The van der Waals surface area contributed by atoms with Crippen LogP contribution in [0.5, 0.6) is 0 Å². The molecule has 63 valence electrons. The fourth-order valence-electron chi connectivity index (χ4n) is 1.69. The Hall–Kier alpha value is -0.780. The van der Waals surface area contributed by atoms with Gasteiger partial charge in [-0.05, 0) is 41.9 Å². The molecule has 0 aliphatic heterocycles. The first-order valence-electron chi connectivity index (χ1n) is 4.79. The maximum absolute atomic E-state index is 3.38. The van der Waals surface area contributed by atoms with E-state index in [1.165, 1.54) is 24.0 Å². The van der Waals surface area contributed by atoms with E-state index in [2.05, 4.69) is 32.0 Å². The standard InChI is InChI=1S/C12H15/c1-9(2)11-5-3-4-6-12(11)10-7-8-10/h3-5,9-10H,7-8H2,1-2H3. The Balaban J connectivity index is 2.36. The van der Waals surface area contributed by atoms with Crippen LogP contribution in [0.15, 0.2) is 18.2 Å². The van der Waals surface area contributed by atoms with Crippen LogP contribution in [0.4, 0.5) is 0 Å². The van der Waals surface area contributed by atoms with E-state index in [9.17, 15) is 0 Å². The molecule has 1 saturated carbocycles. The molecule has 0 saturated heterocycles. The summed E-state index contributed by atoms with van der Waals surface area (Å²) in [5.74, 6) is 1.49. The fraction of sp³-hybridized carbons (Fsp3) is 0.500. The SMILES string of the molecule is CC(C)c1ccc[c]c1C1CC1. The summed E-state index contributed by atoms with van der Waals surface area (Å²) in [5.41, 5.74) is 2.98. The van der Waals surface area contributed by atoms with E-state index < -0.39 is 0 Å². The summed E-state index contributed by atoms with van der Waals surface area (Å²) >= 11 is 0. The lowest BCUT2D eigenvalue weighted by molar-refractivity contribution is 0.841. The molecular weight excluding hydrogens is 144 g/mol. The van der Waals surface area contributed by atoms with Crippen molar-refractivity contribution < 1.29 is 0 Å². The molecule has 0 amide bonds. The molecule has 1 fully saturated rings. The second-order valence-corrected chi connectivity index (χ2v) is 3.97. The molecule has 0 nitrogen and oxygen atoms in total. The Morgan fingerprint density at radius 2 is 2.17 bits per heavy atom. The van der Waals surface area contributed by atoms with Crippen molar-refractivity contribution in [3.05, 3.63) is 35.4 Å². The van der Waals surface area contributed by atoms with Gasteiger partial charge in [-0.25, -0.2) is 0 Å². The minimum atomic E-state index is 0.651. The number of hydrogen-bond donors (Lipinski definition) is 0. The average Bonchev–Trinajstić information content (AvgIpc) is 2.87. The summed E-state index contributed by atoms with van der Waals surface area (Å²) in [4.78, 5) is 0. The highest BCUT2D eigenvalue weighted by Crippen LogP contribution is 2.42. The van der Waals surface area contributed by atoms with E-state index in [0.717, 1.165) is 5.92 Å². The van der Waals surface area contributed by atoms with Crippen molar-refractivity contribution in [2.24, 2.45) is 0 Å². The van der Waals surface area contributed by atoms with Crippen LogP contribution in [0, 0.1) is 6.07 Å². The second kappa shape index (κ2) is 2.93. The van der Waals surface area contributed by atoms with Gasteiger partial charge in [-0.3, -0.25) is 0 Å². The smallest absolute Gasteiger partial charge is 0.0143 e. The largest absolute Gasteiger partial charge is 0.0613 e. The average molecular weight is 159 g/mol. The highest BCUT2D eigenvalue weighted by Gasteiger charge is 2.26. The Bertz CT molecular complexity index is 248. The van der Waals surface area contributed by atoms with Gasteiger partial charge in [-0.2, -0.15) is 0 Å². The van der Waals surface area contributed by atoms with Gasteiger partial charge in [0.05, 0.1) is 0 Å². The zero-order valence-electron chi connectivity index (χ0n) is 7.80. The van der Waals surface area contributed by atoms with Crippen LogP contribution >= 0.6 is 0 Å². The third-order valence-electron chi connectivity index (χ3n) is 2.53. The number of benzene rings is 1. The van der Waals surface area contributed by atoms with Crippen LogP contribution in [0.2, 0.25) is 0 Å². The predicted molar refractivity (Wildman–Crippen MR) is 51.3 cm³/mol. The zero-order chi connectivity index (χ0) is 8.55. The molecule has 0 heterocycles. The van der Waals surface area contributed by atoms with Gasteiger partial charge >= 0.3 is 0 Å². The summed E-state index contributed by atoms with van der Waals surface area (Å²) in [5, 5.41) is 0. The first-order chi connectivity index (χ1) is 5.79. The van der Waals surface area contributed by atoms with Crippen molar-refractivity contribution in [3.8, 4) is 0 Å². The minimum Gasteiger partial charge on any atom is -0.0613 e. The maximum Gasteiger partial charge on any atom is -0.0143 e. The van der Waals surface area contributed by atoms with E-state index in [1.54, 1.807) is 0 Å². The molecule has 0 N–H and O–H groups in total. The minimum absolute atomic E-state index is 0.651. The first kappa shape index (κ1) is 7.85. The summed E-state index contributed by atoms with van der Waals surface area (Å²) in [6.45, 7) is 4.52. The van der Waals surface area contributed by atoms with Crippen LogP contribution in [-0.2, 0) is 0 Å². The van der Waals surface area contributed by atoms with E-state index in [0.29, 0.717) is 5.92 Å². The van der Waals surface area contributed by atoms with Gasteiger partial charge in [0.2, 0.25) is 0 Å². The zero-order valence-corrected chi connectivity index (χ0v) is 7.80. The fourth-order valence-corrected chi connectivity index (χ4v) is 1.69. The van der Waals surface area contributed by atoms with E-state index >= 15 is 0 Å². The molecule has 1 aliphatic rings. The molecule has 0 aromatic heterocycles. The molecule has 1 aromatic rings. The van der Waals surface area contributed by atoms with Crippen molar-refractivity contribution >= 4 is 0 Å². The molecule has 12 heavy (non-hydrogen) atoms. The molecule has 0 heteroatoms. The van der Waals surface area contributed by atoms with Crippen LogP contribution in [0.25, 0.3) is 0 Å². The van der Waals surface area contributed by atoms with Gasteiger partial charge in [0.25, 0.3) is 0 Å². The Labute approximate surface area is 74.6 Å². The first-order valence-corrected chi connectivity index (χ1v) is 4.79. The predicted octanol–water partition coefficient (Wildman–Crippen LogP) is 3.49. The molecule has 0 bridgehead atoms. The summed E-state index contributed by atoms with van der Waals surface area (Å²) < 4.78 is 0. The van der Waals surface area contributed by atoms with Crippen molar-refractivity contribution in [2.75, 3.05) is 0 Å². The van der Waals surface area contributed by atoms with Gasteiger partial charge in [-0.15, -0.1) is 0 Å². The molecule has 0 atom stereocenters. The lowest BCUT2D eigenvalue weighted by Gasteiger charge is -2.10. The lowest BCUT2D eigenvalue weighted by Crippen LogP contribution is -1.93. The molecule has 1 aliphatic carbocycles. The highest BCUT2D eigenvalue weighted by atomic mass is 14.3. The monoisotopic (exact) mass is 159 g/mol. The maximum atomic E-state index is 3.38. The van der Waals surface area contributed by atoms with Crippen LogP contribution < -0.4 is 0 Å². The van der Waals surface area contributed by atoms with Gasteiger partial charge in [0.15, 0.2) is 0 Å². The van der Waals surface area contributed by atoms with Gasteiger partial charge in [0.1, 0.15) is 0 Å². The Morgan fingerprint density at radius 3 is 2.75 bits per heavy atom.